The molecule has 0 bridgehead atoms. The van der Waals surface area contributed by atoms with Crippen LogP contribution in [0.2, 0.25) is 0 Å². The molecule has 2 saturated carbocycles. The Morgan fingerprint density at radius 1 is 1.11 bits per heavy atom. The molecule has 2 aliphatic rings. The predicted octanol–water partition coefficient (Wildman–Crippen LogP) is 3.52. The van der Waals surface area contributed by atoms with E-state index < -0.39 is 0 Å². The summed E-state index contributed by atoms with van der Waals surface area (Å²) in [7, 11) is 0. The topological polar surface area (TPSA) is 38.0 Å². The van der Waals surface area contributed by atoms with E-state index in [1.807, 2.05) is 0 Å². The number of hydrogen-bond acceptors (Lipinski definition) is 2. The van der Waals surface area contributed by atoms with Crippen molar-refractivity contribution in [3.05, 3.63) is 35.9 Å². The average Bonchev–Trinajstić information content (AvgIpc) is 2.90. The van der Waals surface area contributed by atoms with Gasteiger partial charge in [0.1, 0.15) is 0 Å². The predicted molar refractivity (Wildman–Crippen MR) is 79.7 cm³/mol. The first-order valence-electron chi connectivity index (χ1n) is 7.87. The summed E-state index contributed by atoms with van der Waals surface area (Å²) in [4.78, 5) is 0. The molecule has 0 saturated heterocycles. The smallest absolute Gasteiger partial charge is 0.0310 e. The lowest BCUT2D eigenvalue weighted by Crippen LogP contribution is -2.55. The van der Waals surface area contributed by atoms with E-state index in [1.165, 1.54) is 56.9 Å². The van der Waals surface area contributed by atoms with Crippen LogP contribution in [0.5, 0.6) is 0 Å². The second-order valence-electron chi connectivity index (χ2n) is 6.48. The van der Waals surface area contributed by atoms with Crippen molar-refractivity contribution in [3.63, 3.8) is 0 Å². The van der Waals surface area contributed by atoms with E-state index in [0.29, 0.717) is 11.5 Å². The standard InChI is InChI=1S/C17H26N2/c18-19-16(13-14-7-4-5-8-14)17(11-6-12-17)15-9-2-1-3-10-15/h1-3,9-10,14,16,19H,4-8,11-13,18H2. The Hall–Kier alpha value is -0.860. The summed E-state index contributed by atoms with van der Waals surface area (Å²) < 4.78 is 0. The van der Waals surface area contributed by atoms with E-state index in [2.05, 4.69) is 35.8 Å². The van der Waals surface area contributed by atoms with Gasteiger partial charge < -0.3 is 0 Å². The summed E-state index contributed by atoms with van der Waals surface area (Å²) in [5.74, 6) is 6.82. The van der Waals surface area contributed by atoms with E-state index in [0.717, 1.165) is 5.92 Å². The third-order valence-electron chi connectivity index (χ3n) is 5.51. The first-order valence-corrected chi connectivity index (χ1v) is 7.87. The van der Waals surface area contributed by atoms with Gasteiger partial charge in [0, 0.05) is 11.5 Å². The Morgan fingerprint density at radius 2 is 1.79 bits per heavy atom. The monoisotopic (exact) mass is 258 g/mol. The summed E-state index contributed by atoms with van der Waals surface area (Å²) >= 11 is 0. The van der Waals surface area contributed by atoms with E-state index in [1.54, 1.807) is 0 Å². The molecule has 1 unspecified atom stereocenters. The maximum absolute atomic E-state index is 5.93. The molecule has 1 aromatic carbocycles. The molecule has 19 heavy (non-hydrogen) atoms. The molecule has 0 aromatic heterocycles. The molecule has 1 aromatic rings. The first-order chi connectivity index (χ1) is 9.35. The molecule has 3 N–H and O–H groups in total. The van der Waals surface area contributed by atoms with E-state index >= 15 is 0 Å². The highest BCUT2D eigenvalue weighted by Gasteiger charge is 2.45. The van der Waals surface area contributed by atoms with Crippen LogP contribution < -0.4 is 11.3 Å². The van der Waals surface area contributed by atoms with Crippen molar-refractivity contribution in [2.75, 3.05) is 0 Å². The lowest BCUT2D eigenvalue weighted by molar-refractivity contribution is 0.148. The minimum absolute atomic E-state index is 0.304. The van der Waals surface area contributed by atoms with E-state index in [-0.39, 0.29) is 0 Å². The molecular formula is C17H26N2. The van der Waals surface area contributed by atoms with Gasteiger partial charge in [-0.15, -0.1) is 0 Å². The number of rotatable bonds is 5. The summed E-state index contributed by atoms with van der Waals surface area (Å²) in [5, 5.41) is 0. The largest absolute Gasteiger partial charge is 0.271 e. The van der Waals surface area contributed by atoms with Crippen LogP contribution in [-0.2, 0) is 5.41 Å². The molecule has 2 heteroatoms. The van der Waals surface area contributed by atoms with Gasteiger partial charge >= 0.3 is 0 Å². The van der Waals surface area contributed by atoms with Gasteiger partial charge in [-0.2, -0.15) is 0 Å². The van der Waals surface area contributed by atoms with Crippen molar-refractivity contribution in [2.45, 2.75) is 62.8 Å². The third kappa shape index (κ3) is 2.44. The van der Waals surface area contributed by atoms with Gasteiger partial charge in [0.05, 0.1) is 0 Å². The number of benzene rings is 1. The maximum atomic E-state index is 5.93. The average molecular weight is 258 g/mol. The highest BCUT2D eigenvalue weighted by molar-refractivity contribution is 5.30. The summed E-state index contributed by atoms with van der Waals surface area (Å²) in [6, 6.07) is 11.5. The van der Waals surface area contributed by atoms with Crippen LogP contribution >= 0.6 is 0 Å². The number of nitrogens with two attached hydrogens (primary N) is 1. The molecule has 3 rings (SSSR count). The normalized spacial score (nSPS) is 24.1. The van der Waals surface area contributed by atoms with Gasteiger partial charge in [0.25, 0.3) is 0 Å². The van der Waals surface area contributed by atoms with Crippen molar-refractivity contribution in [1.82, 2.24) is 5.43 Å². The molecule has 0 spiro atoms. The summed E-state index contributed by atoms with van der Waals surface area (Å²) in [6.45, 7) is 0. The zero-order valence-corrected chi connectivity index (χ0v) is 11.8. The molecule has 1 atom stereocenters. The van der Waals surface area contributed by atoms with Crippen molar-refractivity contribution < 1.29 is 0 Å². The van der Waals surface area contributed by atoms with Gasteiger partial charge in [-0.05, 0) is 30.7 Å². The van der Waals surface area contributed by atoms with E-state index in [9.17, 15) is 0 Å². The lowest BCUT2D eigenvalue weighted by Gasteiger charge is -2.49. The highest BCUT2D eigenvalue weighted by atomic mass is 15.2. The quantitative estimate of drug-likeness (QED) is 0.626. The molecule has 104 valence electrons. The second-order valence-corrected chi connectivity index (χ2v) is 6.48. The van der Waals surface area contributed by atoms with Crippen molar-refractivity contribution >= 4 is 0 Å². The van der Waals surface area contributed by atoms with Gasteiger partial charge in [-0.3, -0.25) is 11.3 Å². The van der Waals surface area contributed by atoms with Crippen LogP contribution in [0, 0.1) is 5.92 Å². The van der Waals surface area contributed by atoms with Gasteiger partial charge in [0.15, 0.2) is 0 Å². The zero-order chi connectivity index (χ0) is 13.1. The molecule has 0 amide bonds. The molecule has 0 aliphatic heterocycles. The first kappa shape index (κ1) is 13.1. The fraction of sp³-hybridized carbons (Fsp3) is 0.647. The Bertz CT molecular complexity index is 391. The molecule has 0 heterocycles. The molecule has 2 fully saturated rings. The maximum Gasteiger partial charge on any atom is 0.0310 e. The number of hydrazine groups is 1. The van der Waals surface area contributed by atoms with Gasteiger partial charge in [-0.25, -0.2) is 0 Å². The highest BCUT2D eigenvalue weighted by Crippen LogP contribution is 2.48. The molecule has 0 radical (unpaired) electrons. The Kier molecular flexibility index (Phi) is 3.90. The molecular weight excluding hydrogens is 232 g/mol. The third-order valence-corrected chi connectivity index (χ3v) is 5.51. The minimum Gasteiger partial charge on any atom is -0.271 e. The minimum atomic E-state index is 0.304. The zero-order valence-electron chi connectivity index (χ0n) is 11.8. The molecule has 2 nitrogen and oxygen atoms in total. The van der Waals surface area contributed by atoms with Crippen LogP contribution in [0.1, 0.15) is 56.9 Å². The fourth-order valence-corrected chi connectivity index (χ4v) is 4.20. The van der Waals surface area contributed by atoms with Crippen LogP contribution in [0.25, 0.3) is 0 Å². The van der Waals surface area contributed by atoms with Crippen molar-refractivity contribution in [2.24, 2.45) is 11.8 Å². The Balaban J connectivity index is 1.79. The molecule has 2 aliphatic carbocycles. The van der Waals surface area contributed by atoms with Crippen LogP contribution in [0.15, 0.2) is 30.3 Å². The Morgan fingerprint density at radius 3 is 2.32 bits per heavy atom. The van der Waals surface area contributed by atoms with Gasteiger partial charge in [-0.1, -0.05) is 62.4 Å². The fourth-order valence-electron chi connectivity index (χ4n) is 4.20. The van der Waals surface area contributed by atoms with E-state index in [4.69, 9.17) is 5.84 Å². The second kappa shape index (κ2) is 5.64. The number of hydrogen-bond donors (Lipinski definition) is 2. The summed E-state index contributed by atoms with van der Waals surface area (Å²) in [5.41, 5.74) is 4.96. The Labute approximate surface area is 116 Å². The SMILES string of the molecule is NNC(CC1CCCC1)C1(c2ccccc2)CCC1. The van der Waals surface area contributed by atoms with Crippen molar-refractivity contribution in [1.29, 1.82) is 0 Å². The van der Waals surface area contributed by atoms with Crippen molar-refractivity contribution in [3.8, 4) is 0 Å². The summed E-state index contributed by atoms with van der Waals surface area (Å²) in [6.07, 6.45) is 10.8. The number of nitrogens with one attached hydrogen (secondary N) is 1. The van der Waals surface area contributed by atoms with Crippen LogP contribution in [0.4, 0.5) is 0 Å². The van der Waals surface area contributed by atoms with Crippen LogP contribution in [-0.4, -0.2) is 6.04 Å². The van der Waals surface area contributed by atoms with Crippen LogP contribution in [0.3, 0.4) is 0 Å². The van der Waals surface area contributed by atoms with Gasteiger partial charge in [0.2, 0.25) is 0 Å². The lowest BCUT2D eigenvalue weighted by atomic mass is 9.59.